The Labute approximate surface area is 104 Å². The van der Waals surface area contributed by atoms with E-state index in [2.05, 4.69) is 24.1 Å². The van der Waals surface area contributed by atoms with E-state index in [-0.39, 0.29) is 6.04 Å². The van der Waals surface area contributed by atoms with Crippen LogP contribution in [-0.2, 0) is 6.42 Å². The minimum absolute atomic E-state index is 0.00394. The van der Waals surface area contributed by atoms with Crippen molar-refractivity contribution in [2.75, 3.05) is 0 Å². The van der Waals surface area contributed by atoms with Crippen molar-refractivity contribution in [3.05, 3.63) is 41.2 Å². The molecule has 2 heteroatoms. The largest absolute Gasteiger partial charge is 0.319 e. The fourth-order valence-corrected chi connectivity index (χ4v) is 2.53. The highest BCUT2D eigenvalue weighted by atomic mass is 14.8. The van der Waals surface area contributed by atoms with Crippen LogP contribution in [0.15, 0.2) is 30.0 Å². The molecule has 0 aliphatic heterocycles. The molecule has 0 spiro atoms. The lowest BCUT2D eigenvalue weighted by Gasteiger charge is -2.17. The Morgan fingerprint density at radius 1 is 1.35 bits per heavy atom. The molecule has 0 saturated carbocycles. The van der Waals surface area contributed by atoms with E-state index in [1.165, 1.54) is 36.8 Å². The molecule has 1 aromatic rings. The fourth-order valence-electron chi connectivity index (χ4n) is 2.53. The van der Waals surface area contributed by atoms with Crippen molar-refractivity contribution < 1.29 is 0 Å². The summed E-state index contributed by atoms with van der Waals surface area (Å²) in [5.41, 5.74) is 10.1. The van der Waals surface area contributed by atoms with E-state index < -0.39 is 0 Å². The van der Waals surface area contributed by atoms with Crippen molar-refractivity contribution in [3.63, 3.8) is 0 Å². The first-order valence-corrected chi connectivity index (χ1v) is 6.71. The molecule has 0 aromatic carbocycles. The number of aryl methyl sites for hydroxylation is 1. The minimum atomic E-state index is 0.00394. The smallest absolute Gasteiger partial charge is 0.0688 e. The van der Waals surface area contributed by atoms with Crippen molar-refractivity contribution in [1.29, 1.82) is 0 Å². The van der Waals surface area contributed by atoms with E-state index in [1.807, 2.05) is 12.3 Å². The highest BCUT2D eigenvalue weighted by Crippen LogP contribution is 2.28. The molecule has 1 aliphatic rings. The first kappa shape index (κ1) is 12.3. The van der Waals surface area contributed by atoms with E-state index in [0.717, 1.165) is 18.5 Å². The predicted molar refractivity (Wildman–Crippen MR) is 71.7 cm³/mol. The van der Waals surface area contributed by atoms with E-state index >= 15 is 0 Å². The molecular formula is C15H22N2. The lowest BCUT2D eigenvalue weighted by Crippen LogP contribution is -2.17. The molecule has 1 aliphatic carbocycles. The molecule has 0 saturated heterocycles. The van der Waals surface area contributed by atoms with Crippen LogP contribution < -0.4 is 5.73 Å². The average Bonchev–Trinajstić information content (AvgIpc) is 2.66. The van der Waals surface area contributed by atoms with Gasteiger partial charge in [-0.25, -0.2) is 0 Å². The van der Waals surface area contributed by atoms with E-state index in [1.54, 1.807) is 0 Å². The molecule has 2 rings (SSSR count). The van der Waals surface area contributed by atoms with Crippen molar-refractivity contribution >= 4 is 0 Å². The molecule has 2 N–H and O–H groups in total. The molecule has 0 bridgehead atoms. The Morgan fingerprint density at radius 3 is 3.06 bits per heavy atom. The number of hydrogen-bond acceptors (Lipinski definition) is 2. The lowest BCUT2D eigenvalue weighted by molar-refractivity contribution is 0.679. The Morgan fingerprint density at radius 2 is 2.24 bits per heavy atom. The third kappa shape index (κ3) is 2.95. The summed E-state index contributed by atoms with van der Waals surface area (Å²) in [4.78, 5) is 4.49. The van der Waals surface area contributed by atoms with Crippen LogP contribution in [0, 0.1) is 0 Å². The molecule has 1 unspecified atom stereocenters. The van der Waals surface area contributed by atoms with Gasteiger partial charge in [0.2, 0.25) is 0 Å². The summed E-state index contributed by atoms with van der Waals surface area (Å²) < 4.78 is 0. The van der Waals surface area contributed by atoms with Crippen LogP contribution in [0.3, 0.4) is 0 Å². The third-order valence-electron chi connectivity index (χ3n) is 3.58. The van der Waals surface area contributed by atoms with E-state index in [9.17, 15) is 0 Å². The monoisotopic (exact) mass is 230 g/mol. The summed E-state index contributed by atoms with van der Waals surface area (Å²) in [5, 5.41) is 0. The van der Waals surface area contributed by atoms with Crippen LogP contribution in [0.1, 0.15) is 56.3 Å². The molecule has 0 fully saturated rings. The van der Waals surface area contributed by atoms with Crippen LogP contribution >= 0.6 is 0 Å². The molecule has 92 valence electrons. The zero-order chi connectivity index (χ0) is 12.1. The van der Waals surface area contributed by atoms with Crippen LogP contribution in [0.25, 0.3) is 0 Å². The Hall–Kier alpha value is -1.15. The van der Waals surface area contributed by atoms with Gasteiger partial charge in [0.1, 0.15) is 0 Å². The molecule has 0 amide bonds. The number of nitrogens with zero attached hydrogens (tertiary/aromatic N) is 1. The van der Waals surface area contributed by atoms with Gasteiger partial charge >= 0.3 is 0 Å². The van der Waals surface area contributed by atoms with E-state index in [0.29, 0.717) is 0 Å². The second-order valence-electron chi connectivity index (χ2n) is 4.76. The molecule has 1 aromatic heterocycles. The lowest BCUT2D eigenvalue weighted by atomic mass is 9.96. The van der Waals surface area contributed by atoms with Crippen LogP contribution in [0.4, 0.5) is 0 Å². The molecule has 2 nitrogen and oxygen atoms in total. The maximum Gasteiger partial charge on any atom is 0.0688 e. The van der Waals surface area contributed by atoms with Gasteiger partial charge in [0.05, 0.1) is 11.7 Å². The van der Waals surface area contributed by atoms with Crippen molar-refractivity contribution in [1.82, 2.24) is 4.98 Å². The maximum atomic E-state index is 6.38. The molecule has 0 radical (unpaired) electrons. The minimum Gasteiger partial charge on any atom is -0.319 e. The number of hydrogen-bond donors (Lipinski definition) is 1. The molecule has 17 heavy (non-hydrogen) atoms. The predicted octanol–water partition coefficient (Wildman–Crippen LogP) is 3.53. The molecular weight excluding hydrogens is 208 g/mol. The van der Waals surface area contributed by atoms with Crippen molar-refractivity contribution in [2.24, 2.45) is 5.73 Å². The zero-order valence-corrected chi connectivity index (χ0v) is 10.7. The summed E-state index contributed by atoms with van der Waals surface area (Å²) >= 11 is 0. The van der Waals surface area contributed by atoms with Gasteiger partial charge in [-0.2, -0.15) is 0 Å². The zero-order valence-electron chi connectivity index (χ0n) is 10.7. The van der Waals surface area contributed by atoms with Crippen molar-refractivity contribution in [2.45, 2.75) is 51.5 Å². The molecule has 1 atom stereocenters. The van der Waals surface area contributed by atoms with E-state index in [4.69, 9.17) is 5.73 Å². The topological polar surface area (TPSA) is 38.9 Å². The highest BCUT2D eigenvalue weighted by Gasteiger charge is 2.16. The SMILES string of the molecule is CCc1cccnc1C(N)C1=CCCCCC1. The maximum absolute atomic E-state index is 6.38. The second kappa shape index (κ2) is 5.97. The fraction of sp³-hybridized carbons (Fsp3) is 0.533. The van der Waals surface area contributed by atoms with Crippen LogP contribution in [0.2, 0.25) is 0 Å². The highest BCUT2D eigenvalue weighted by molar-refractivity contribution is 5.29. The number of rotatable bonds is 3. The average molecular weight is 230 g/mol. The number of nitrogens with two attached hydrogens (primary N) is 1. The van der Waals surface area contributed by atoms with Crippen molar-refractivity contribution in [3.8, 4) is 0 Å². The normalized spacial score (nSPS) is 18.4. The summed E-state index contributed by atoms with van der Waals surface area (Å²) in [6.45, 7) is 2.16. The van der Waals surface area contributed by atoms with Gasteiger partial charge < -0.3 is 5.73 Å². The quantitative estimate of drug-likeness (QED) is 0.807. The van der Waals surface area contributed by atoms with Gasteiger partial charge in [0.15, 0.2) is 0 Å². The Bertz CT molecular complexity index is 396. The van der Waals surface area contributed by atoms with Gasteiger partial charge in [0.25, 0.3) is 0 Å². The summed E-state index contributed by atoms with van der Waals surface area (Å²) in [6.07, 6.45) is 11.4. The molecule has 1 heterocycles. The first-order chi connectivity index (χ1) is 8.33. The number of aromatic nitrogens is 1. The standard InChI is InChI=1S/C15H22N2/c1-2-12-10-7-11-17-15(12)14(16)13-8-5-3-4-6-9-13/h7-8,10-11,14H,2-6,9,16H2,1H3. The van der Waals surface area contributed by atoms with Gasteiger partial charge in [0, 0.05) is 6.20 Å². The summed E-state index contributed by atoms with van der Waals surface area (Å²) in [6, 6.07) is 4.14. The van der Waals surface area contributed by atoms with Crippen LogP contribution in [-0.4, -0.2) is 4.98 Å². The van der Waals surface area contributed by atoms with Gasteiger partial charge in [-0.3, -0.25) is 4.98 Å². The van der Waals surface area contributed by atoms with Gasteiger partial charge in [-0.1, -0.05) is 31.1 Å². The number of allylic oxidation sites excluding steroid dienone is 1. The van der Waals surface area contributed by atoms with Gasteiger partial charge in [-0.15, -0.1) is 0 Å². The number of pyridine rings is 1. The third-order valence-corrected chi connectivity index (χ3v) is 3.58. The van der Waals surface area contributed by atoms with Crippen LogP contribution in [0.5, 0.6) is 0 Å². The summed E-state index contributed by atoms with van der Waals surface area (Å²) in [7, 11) is 0. The van der Waals surface area contributed by atoms with Gasteiger partial charge in [-0.05, 0) is 43.7 Å². The summed E-state index contributed by atoms with van der Waals surface area (Å²) in [5.74, 6) is 0. The Kier molecular flexibility index (Phi) is 4.32. The second-order valence-corrected chi connectivity index (χ2v) is 4.76. The first-order valence-electron chi connectivity index (χ1n) is 6.71. The Balaban J connectivity index is 2.23.